The fourth-order valence-electron chi connectivity index (χ4n) is 2.18. The number of hydrogen-bond donors (Lipinski definition) is 0. The summed E-state index contributed by atoms with van der Waals surface area (Å²) in [6.07, 6.45) is 5.00. The van der Waals surface area contributed by atoms with E-state index in [0.29, 0.717) is 0 Å². The van der Waals surface area contributed by atoms with Crippen LogP contribution < -0.4 is 0 Å². The zero-order chi connectivity index (χ0) is 15.6. The molecule has 0 nitrogen and oxygen atoms in total. The predicted octanol–water partition coefficient (Wildman–Crippen LogP) is 5.13. The van der Waals surface area contributed by atoms with E-state index in [1.807, 2.05) is 12.1 Å². The Labute approximate surface area is 134 Å². The second kappa shape index (κ2) is 8.76. The minimum absolute atomic E-state index is 1.01. The van der Waals surface area contributed by atoms with Gasteiger partial charge < -0.3 is 0 Å². The van der Waals surface area contributed by atoms with Gasteiger partial charge >= 0.3 is 0 Å². The summed E-state index contributed by atoms with van der Waals surface area (Å²) >= 11 is 0. The van der Waals surface area contributed by atoms with Gasteiger partial charge in [-0.25, -0.2) is 0 Å². The minimum Gasteiger partial charge on any atom is -0.0654 e. The Morgan fingerprint density at radius 3 is 1.82 bits per heavy atom. The molecule has 22 heavy (non-hydrogen) atoms. The van der Waals surface area contributed by atoms with Gasteiger partial charge in [-0.3, -0.25) is 0 Å². The third-order valence-electron chi connectivity index (χ3n) is 3.55. The van der Waals surface area contributed by atoms with E-state index in [2.05, 4.69) is 73.9 Å². The van der Waals surface area contributed by atoms with E-state index in [9.17, 15) is 0 Å². The summed E-state index contributed by atoms with van der Waals surface area (Å²) in [6.45, 7) is 4.30. The molecular formula is C22H22. The highest BCUT2D eigenvalue weighted by Gasteiger charge is 1.93. The highest BCUT2D eigenvalue weighted by Crippen LogP contribution is 2.08. The summed E-state index contributed by atoms with van der Waals surface area (Å²) in [4.78, 5) is 0. The molecule has 0 unspecified atom stereocenters. The van der Waals surface area contributed by atoms with Gasteiger partial charge in [0.1, 0.15) is 0 Å². The summed E-state index contributed by atoms with van der Waals surface area (Å²) < 4.78 is 0. The maximum Gasteiger partial charge on any atom is 0.0255 e. The van der Waals surface area contributed by atoms with Crippen molar-refractivity contribution in [3.63, 3.8) is 0 Å². The van der Waals surface area contributed by atoms with Crippen molar-refractivity contribution in [3.05, 3.63) is 70.8 Å². The predicted molar refractivity (Wildman–Crippen MR) is 94.6 cm³/mol. The second-order valence-corrected chi connectivity index (χ2v) is 5.52. The smallest absolute Gasteiger partial charge is 0.0255 e. The van der Waals surface area contributed by atoms with Crippen LogP contribution in [0.3, 0.4) is 0 Å². The molecule has 0 N–H and O–H groups in total. The normalized spacial score (nSPS) is 9.36. The average Bonchev–Trinajstić information content (AvgIpc) is 2.55. The van der Waals surface area contributed by atoms with Crippen LogP contribution in [0, 0.1) is 30.6 Å². The zero-order valence-electron chi connectivity index (χ0n) is 13.4. The van der Waals surface area contributed by atoms with Crippen LogP contribution in [0.4, 0.5) is 0 Å². The van der Waals surface area contributed by atoms with Crippen LogP contribution in [0.1, 0.15) is 48.4 Å². The maximum absolute atomic E-state index is 3.10. The van der Waals surface area contributed by atoms with E-state index in [0.717, 1.165) is 17.5 Å². The van der Waals surface area contributed by atoms with Crippen LogP contribution in [0.25, 0.3) is 0 Å². The molecular weight excluding hydrogens is 264 g/mol. The van der Waals surface area contributed by atoms with Crippen LogP contribution in [-0.4, -0.2) is 0 Å². The van der Waals surface area contributed by atoms with Gasteiger partial charge in [-0.15, -0.1) is 0 Å². The van der Waals surface area contributed by atoms with Crippen molar-refractivity contribution in [2.24, 2.45) is 0 Å². The van der Waals surface area contributed by atoms with Crippen LogP contribution in [-0.2, 0) is 6.42 Å². The van der Waals surface area contributed by atoms with E-state index in [1.54, 1.807) is 0 Å². The quantitative estimate of drug-likeness (QED) is 0.540. The van der Waals surface area contributed by atoms with Crippen LogP contribution >= 0.6 is 0 Å². The van der Waals surface area contributed by atoms with Crippen molar-refractivity contribution in [3.8, 4) is 23.7 Å². The van der Waals surface area contributed by atoms with Crippen LogP contribution in [0.5, 0.6) is 0 Å². The molecule has 0 aliphatic heterocycles. The van der Waals surface area contributed by atoms with E-state index in [-0.39, 0.29) is 0 Å². The number of unbranched alkanes of at least 4 members (excludes halogenated alkanes) is 2. The molecule has 0 spiro atoms. The number of aryl methyl sites for hydroxylation is 2. The maximum atomic E-state index is 3.10. The lowest BCUT2D eigenvalue weighted by Crippen LogP contribution is -1.85. The standard InChI is InChI=1S/C22H22/c1-3-4-5-8-21-15-17-22(18-16-21)10-7-6-9-20-13-11-19(2)12-14-20/h11-18H,3-5,8H2,1-2H3. The molecule has 0 fully saturated rings. The molecule has 0 saturated heterocycles. The summed E-state index contributed by atoms with van der Waals surface area (Å²) in [5.74, 6) is 12.0. The fraction of sp³-hybridized carbons (Fsp3) is 0.273. The number of benzene rings is 2. The lowest BCUT2D eigenvalue weighted by molar-refractivity contribution is 0.717. The largest absolute Gasteiger partial charge is 0.0654 e. The van der Waals surface area contributed by atoms with Crippen molar-refractivity contribution in [1.29, 1.82) is 0 Å². The van der Waals surface area contributed by atoms with Crippen molar-refractivity contribution in [1.82, 2.24) is 0 Å². The highest BCUT2D eigenvalue weighted by atomic mass is 14.0. The lowest BCUT2D eigenvalue weighted by atomic mass is 10.1. The first-order valence-corrected chi connectivity index (χ1v) is 7.95. The van der Waals surface area contributed by atoms with E-state index >= 15 is 0 Å². The summed E-state index contributed by atoms with van der Waals surface area (Å²) in [6, 6.07) is 16.7. The average molecular weight is 286 g/mol. The van der Waals surface area contributed by atoms with Gasteiger partial charge in [-0.2, -0.15) is 0 Å². The Morgan fingerprint density at radius 1 is 0.727 bits per heavy atom. The molecule has 0 radical (unpaired) electrons. The fourth-order valence-corrected chi connectivity index (χ4v) is 2.18. The Bertz CT molecular complexity index is 695. The van der Waals surface area contributed by atoms with Crippen molar-refractivity contribution in [2.75, 3.05) is 0 Å². The Hall–Kier alpha value is -2.44. The van der Waals surface area contributed by atoms with E-state index in [4.69, 9.17) is 0 Å². The highest BCUT2D eigenvalue weighted by molar-refractivity contribution is 5.45. The SMILES string of the molecule is CCCCCc1ccc(C#CC#Cc2ccc(C)cc2)cc1. The molecule has 2 aromatic rings. The van der Waals surface area contributed by atoms with Gasteiger partial charge in [0, 0.05) is 11.1 Å². The van der Waals surface area contributed by atoms with Crippen molar-refractivity contribution in [2.45, 2.75) is 39.5 Å². The summed E-state index contributed by atoms with van der Waals surface area (Å²) in [7, 11) is 0. The van der Waals surface area contributed by atoms with Gasteiger partial charge in [-0.1, -0.05) is 61.4 Å². The second-order valence-electron chi connectivity index (χ2n) is 5.52. The molecule has 0 aromatic heterocycles. The number of hydrogen-bond acceptors (Lipinski definition) is 0. The molecule has 0 bridgehead atoms. The van der Waals surface area contributed by atoms with Gasteiger partial charge in [0.2, 0.25) is 0 Å². The molecule has 0 atom stereocenters. The van der Waals surface area contributed by atoms with Crippen molar-refractivity contribution < 1.29 is 0 Å². The van der Waals surface area contributed by atoms with Gasteiger partial charge in [0.05, 0.1) is 0 Å². The summed E-state index contributed by atoms with van der Waals surface area (Å²) in [5.41, 5.74) is 4.67. The molecule has 0 aliphatic rings. The zero-order valence-corrected chi connectivity index (χ0v) is 13.4. The van der Waals surface area contributed by atoms with Gasteiger partial charge in [0.25, 0.3) is 0 Å². The Balaban J connectivity index is 1.93. The van der Waals surface area contributed by atoms with E-state index in [1.165, 1.54) is 30.4 Å². The lowest BCUT2D eigenvalue weighted by Gasteiger charge is -2.00. The van der Waals surface area contributed by atoms with Crippen LogP contribution in [0.2, 0.25) is 0 Å². The van der Waals surface area contributed by atoms with Crippen LogP contribution in [0.15, 0.2) is 48.5 Å². The first kappa shape index (κ1) is 15.9. The first-order chi connectivity index (χ1) is 10.8. The topological polar surface area (TPSA) is 0 Å². The molecule has 0 amide bonds. The third-order valence-corrected chi connectivity index (χ3v) is 3.55. The third kappa shape index (κ3) is 5.51. The van der Waals surface area contributed by atoms with Gasteiger partial charge in [-0.05, 0) is 61.4 Å². The number of rotatable bonds is 4. The molecule has 0 heterocycles. The summed E-state index contributed by atoms with van der Waals surface area (Å²) in [5, 5.41) is 0. The minimum atomic E-state index is 1.01. The molecule has 0 aliphatic carbocycles. The molecule has 2 rings (SSSR count). The Morgan fingerprint density at radius 2 is 1.27 bits per heavy atom. The van der Waals surface area contributed by atoms with Crippen molar-refractivity contribution >= 4 is 0 Å². The molecule has 0 saturated carbocycles. The first-order valence-electron chi connectivity index (χ1n) is 7.95. The molecule has 0 heteroatoms. The monoisotopic (exact) mass is 286 g/mol. The van der Waals surface area contributed by atoms with E-state index < -0.39 is 0 Å². The molecule has 2 aromatic carbocycles. The Kier molecular flexibility index (Phi) is 6.35. The molecule has 110 valence electrons. The van der Waals surface area contributed by atoms with Gasteiger partial charge in [0.15, 0.2) is 0 Å².